The topological polar surface area (TPSA) is 82.8 Å². The summed E-state index contributed by atoms with van der Waals surface area (Å²) in [5, 5.41) is 18.5. The zero-order valence-electron chi connectivity index (χ0n) is 17.7. The Morgan fingerprint density at radius 2 is 1.93 bits per heavy atom. The van der Waals surface area contributed by atoms with E-state index in [2.05, 4.69) is 34.1 Å². The molecule has 8 heteroatoms. The molecule has 0 aliphatic carbocycles. The van der Waals surface area contributed by atoms with Crippen LogP contribution in [0.5, 0.6) is 5.88 Å². The minimum atomic E-state index is -0.235. The molecule has 30 heavy (non-hydrogen) atoms. The second-order valence-corrected chi connectivity index (χ2v) is 7.67. The molecular weight excluding hydrogens is 402 g/mol. The van der Waals surface area contributed by atoms with Gasteiger partial charge in [0, 0.05) is 29.2 Å². The van der Waals surface area contributed by atoms with Gasteiger partial charge in [0.25, 0.3) is 5.91 Å². The van der Waals surface area contributed by atoms with Crippen LogP contribution in [0.2, 0.25) is 5.02 Å². The number of rotatable bonds is 9. The molecule has 0 aliphatic rings. The van der Waals surface area contributed by atoms with E-state index in [1.807, 2.05) is 31.2 Å². The molecule has 3 rings (SSSR count). The van der Waals surface area contributed by atoms with Gasteiger partial charge >= 0.3 is 0 Å². The summed E-state index contributed by atoms with van der Waals surface area (Å²) in [6.07, 6.45) is 2.81. The molecular formula is C22H28ClN5O2. The molecule has 1 aromatic carbocycles. The second kappa shape index (κ2) is 9.91. The molecule has 0 saturated carbocycles. The van der Waals surface area contributed by atoms with E-state index in [9.17, 15) is 9.90 Å². The average Bonchev–Trinajstić information content (AvgIpc) is 3.16. The minimum absolute atomic E-state index is 0.00645. The molecule has 0 radical (unpaired) electrons. The van der Waals surface area contributed by atoms with Gasteiger partial charge in [-0.3, -0.25) is 4.79 Å². The van der Waals surface area contributed by atoms with Gasteiger partial charge in [-0.15, -0.1) is 0 Å². The predicted molar refractivity (Wildman–Crippen MR) is 118 cm³/mol. The summed E-state index contributed by atoms with van der Waals surface area (Å²) in [5.41, 5.74) is 3.03. The lowest BCUT2D eigenvalue weighted by atomic mass is 10.0. The zero-order valence-corrected chi connectivity index (χ0v) is 18.4. The van der Waals surface area contributed by atoms with E-state index < -0.39 is 0 Å². The van der Waals surface area contributed by atoms with E-state index in [1.54, 1.807) is 0 Å². The quantitative estimate of drug-likeness (QED) is 0.509. The van der Waals surface area contributed by atoms with Crippen molar-refractivity contribution in [3.05, 3.63) is 57.9 Å². The van der Waals surface area contributed by atoms with Gasteiger partial charge in [0.15, 0.2) is 5.65 Å². The zero-order chi connectivity index (χ0) is 21.7. The Balaban J connectivity index is 1.75. The third kappa shape index (κ3) is 4.91. The fourth-order valence-electron chi connectivity index (χ4n) is 3.43. The summed E-state index contributed by atoms with van der Waals surface area (Å²) in [6, 6.07) is 7.44. The number of halogens is 1. The van der Waals surface area contributed by atoms with Crippen molar-refractivity contribution in [1.82, 2.24) is 24.8 Å². The molecule has 0 atom stereocenters. The van der Waals surface area contributed by atoms with Crippen LogP contribution in [0.1, 0.15) is 47.4 Å². The summed E-state index contributed by atoms with van der Waals surface area (Å²) in [4.78, 5) is 19.5. The Morgan fingerprint density at radius 1 is 1.23 bits per heavy atom. The molecule has 0 spiro atoms. The number of hydrogen-bond donors (Lipinski definition) is 2. The van der Waals surface area contributed by atoms with Crippen molar-refractivity contribution >= 4 is 23.2 Å². The van der Waals surface area contributed by atoms with Crippen molar-refractivity contribution in [2.45, 2.75) is 33.6 Å². The lowest BCUT2D eigenvalue weighted by Gasteiger charge is -2.17. The lowest BCUT2D eigenvalue weighted by molar-refractivity contribution is 0.0953. The smallest absolute Gasteiger partial charge is 0.256 e. The molecule has 2 aromatic heterocycles. The van der Waals surface area contributed by atoms with Crippen LogP contribution < -0.4 is 5.32 Å². The van der Waals surface area contributed by atoms with Crippen molar-refractivity contribution < 1.29 is 9.90 Å². The number of carbonyl (C=O) groups is 1. The van der Waals surface area contributed by atoms with E-state index in [0.29, 0.717) is 40.5 Å². The highest BCUT2D eigenvalue weighted by Gasteiger charge is 2.20. The fraction of sp³-hybridized carbons (Fsp3) is 0.409. The first-order valence-electron chi connectivity index (χ1n) is 10.3. The normalized spacial score (nSPS) is 11.4. The number of aromatic nitrogens is 3. The third-order valence-corrected chi connectivity index (χ3v) is 5.55. The molecule has 0 aliphatic heterocycles. The van der Waals surface area contributed by atoms with Crippen molar-refractivity contribution in [3.63, 3.8) is 0 Å². The molecule has 7 nitrogen and oxygen atoms in total. The number of carbonyl (C=O) groups excluding carboxylic acids is 1. The number of aryl methyl sites for hydroxylation is 1. The number of fused-ring (bicyclic) bond motifs is 1. The summed E-state index contributed by atoms with van der Waals surface area (Å²) in [7, 11) is 0. The van der Waals surface area contributed by atoms with E-state index in [1.165, 1.54) is 10.7 Å². The van der Waals surface area contributed by atoms with Gasteiger partial charge in [0.05, 0.1) is 6.20 Å². The third-order valence-electron chi connectivity index (χ3n) is 5.29. The van der Waals surface area contributed by atoms with Crippen LogP contribution >= 0.6 is 11.6 Å². The molecule has 1 amide bonds. The van der Waals surface area contributed by atoms with Gasteiger partial charge in [-0.1, -0.05) is 37.6 Å². The van der Waals surface area contributed by atoms with Gasteiger partial charge < -0.3 is 15.3 Å². The van der Waals surface area contributed by atoms with Crippen LogP contribution in [-0.4, -0.2) is 56.7 Å². The average molecular weight is 430 g/mol. The number of amides is 1. The highest BCUT2D eigenvalue weighted by atomic mass is 35.5. The van der Waals surface area contributed by atoms with Crippen molar-refractivity contribution in [3.8, 4) is 5.88 Å². The summed E-state index contributed by atoms with van der Waals surface area (Å²) in [6.45, 7) is 9.59. The number of nitrogens with one attached hydrogen (secondary N) is 1. The first kappa shape index (κ1) is 22.1. The Morgan fingerprint density at radius 3 is 2.60 bits per heavy atom. The van der Waals surface area contributed by atoms with Crippen LogP contribution in [0.25, 0.3) is 5.65 Å². The van der Waals surface area contributed by atoms with Gasteiger partial charge in [0.2, 0.25) is 5.88 Å². The predicted octanol–water partition coefficient (Wildman–Crippen LogP) is 3.45. The van der Waals surface area contributed by atoms with E-state index in [0.717, 1.165) is 31.6 Å². The van der Waals surface area contributed by atoms with E-state index >= 15 is 0 Å². The molecule has 0 saturated heterocycles. The fourth-order valence-corrected chi connectivity index (χ4v) is 3.56. The molecule has 0 unspecified atom stereocenters. The lowest BCUT2D eigenvalue weighted by Crippen LogP contribution is -2.29. The minimum Gasteiger partial charge on any atom is -0.493 e. The number of nitrogens with zero attached hydrogens (tertiary/aromatic N) is 4. The van der Waals surface area contributed by atoms with Crippen LogP contribution in [0.15, 0.2) is 30.5 Å². The van der Waals surface area contributed by atoms with E-state index in [-0.39, 0.29) is 11.8 Å². The molecule has 2 N–H and O–H groups in total. The SMILES string of the molecule is CCN(CC)CCCNC(=O)c1cnn2c(O)c(Cc3ccc(Cl)cc3)c(C)nc12. The maximum atomic E-state index is 12.6. The second-order valence-electron chi connectivity index (χ2n) is 7.23. The number of aromatic hydroxyl groups is 1. The van der Waals surface area contributed by atoms with Gasteiger partial charge in [0.1, 0.15) is 5.56 Å². The Bertz CT molecular complexity index is 1010. The van der Waals surface area contributed by atoms with Gasteiger partial charge in [-0.25, -0.2) is 4.98 Å². The van der Waals surface area contributed by atoms with E-state index in [4.69, 9.17) is 11.6 Å². The largest absolute Gasteiger partial charge is 0.493 e. The van der Waals surface area contributed by atoms with Crippen molar-refractivity contribution in [1.29, 1.82) is 0 Å². The first-order chi connectivity index (χ1) is 14.4. The maximum Gasteiger partial charge on any atom is 0.256 e. The monoisotopic (exact) mass is 429 g/mol. The van der Waals surface area contributed by atoms with Crippen molar-refractivity contribution in [2.75, 3.05) is 26.2 Å². The standard InChI is InChI=1S/C22H28ClN5O2/c1-4-27(5-2)12-6-11-24-21(29)19-14-25-28-20(19)26-15(3)18(22(28)30)13-16-7-9-17(23)10-8-16/h7-10,14,30H,4-6,11-13H2,1-3H3,(H,24,29). The van der Waals surface area contributed by atoms with Crippen LogP contribution in [0, 0.1) is 6.92 Å². The molecule has 160 valence electrons. The van der Waals surface area contributed by atoms with Crippen LogP contribution in [0.4, 0.5) is 0 Å². The number of hydrogen-bond acceptors (Lipinski definition) is 5. The Hall–Kier alpha value is -2.64. The maximum absolute atomic E-state index is 12.6. The highest BCUT2D eigenvalue weighted by molar-refractivity contribution is 6.30. The first-order valence-corrected chi connectivity index (χ1v) is 10.6. The van der Waals surface area contributed by atoms with Crippen LogP contribution in [-0.2, 0) is 6.42 Å². The Labute approximate surface area is 181 Å². The molecule has 0 bridgehead atoms. The summed E-state index contributed by atoms with van der Waals surface area (Å²) >= 11 is 5.95. The Kier molecular flexibility index (Phi) is 7.29. The molecule has 0 fully saturated rings. The number of benzene rings is 1. The highest BCUT2D eigenvalue weighted by Crippen LogP contribution is 2.26. The van der Waals surface area contributed by atoms with Gasteiger partial charge in [-0.05, 0) is 50.7 Å². The molecule has 3 aromatic rings. The summed E-state index contributed by atoms with van der Waals surface area (Å²) in [5.74, 6) is -0.241. The molecule has 2 heterocycles. The van der Waals surface area contributed by atoms with Crippen LogP contribution in [0.3, 0.4) is 0 Å². The van der Waals surface area contributed by atoms with Crippen molar-refractivity contribution in [2.24, 2.45) is 0 Å². The summed E-state index contributed by atoms with van der Waals surface area (Å²) < 4.78 is 1.32. The van der Waals surface area contributed by atoms with Gasteiger partial charge in [-0.2, -0.15) is 9.61 Å².